The van der Waals surface area contributed by atoms with Gasteiger partial charge in [-0.15, -0.1) is 0 Å². The lowest BCUT2D eigenvalue weighted by Crippen LogP contribution is -2.51. The Kier molecular flexibility index (Phi) is 4.67. The summed E-state index contributed by atoms with van der Waals surface area (Å²) in [5.41, 5.74) is 6.30. The standard InChI is InChI=1S/C14H18FN3OS/c1-10(19)17-6-8-18(9-7-17)13(14(16)20)11-4-2-3-5-12(11)15/h2-5,13H,6-9H2,1H3,(H2,16,20). The maximum Gasteiger partial charge on any atom is 0.219 e. The summed E-state index contributed by atoms with van der Waals surface area (Å²) < 4.78 is 14.0. The largest absolute Gasteiger partial charge is 0.392 e. The van der Waals surface area contributed by atoms with Crippen LogP contribution in [0.4, 0.5) is 4.39 Å². The number of nitrogens with zero attached hydrogens (tertiary/aromatic N) is 2. The van der Waals surface area contributed by atoms with Gasteiger partial charge in [-0.25, -0.2) is 4.39 Å². The third kappa shape index (κ3) is 3.13. The Balaban J connectivity index is 2.18. The van der Waals surface area contributed by atoms with Crippen LogP contribution in [-0.4, -0.2) is 46.9 Å². The summed E-state index contributed by atoms with van der Waals surface area (Å²) in [5, 5.41) is 0. The molecule has 2 rings (SSSR count). The zero-order valence-electron chi connectivity index (χ0n) is 11.4. The monoisotopic (exact) mass is 295 g/mol. The molecule has 1 saturated heterocycles. The average molecular weight is 295 g/mol. The SMILES string of the molecule is CC(=O)N1CCN(C(C(N)=S)c2ccccc2F)CC1. The first kappa shape index (κ1) is 14.9. The van der Waals surface area contributed by atoms with Crippen molar-refractivity contribution in [2.24, 2.45) is 5.73 Å². The molecule has 20 heavy (non-hydrogen) atoms. The van der Waals surface area contributed by atoms with E-state index < -0.39 is 6.04 Å². The summed E-state index contributed by atoms with van der Waals surface area (Å²) in [6.07, 6.45) is 0. The van der Waals surface area contributed by atoms with E-state index in [9.17, 15) is 9.18 Å². The fourth-order valence-corrected chi connectivity index (χ4v) is 2.80. The molecule has 1 unspecified atom stereocenters. The van der Waals surface area contributed by atoms with E-state index in [1.165, 1.54) is 6.07 Å². The average Bonchev–Trinajstić information content (AvgIpc) is 2.41. The van der Waals surface area contributed by atoms with Gasteiger partial charge in [0.05, 0.1) is 11.0 Å². The maximum atomic E-state index is 14.0. The molecular weight excluding hydrogens is 277 g/mol. The molecule has 6 heteroatoms. The Morgan fingerprint density at radius 3 is 2.40 bits per heavy atom. The Hall–Kier alpha value is -1.53. The number of carbonyl (C=O) groups excluding carboxylic acids is 1. The van der Waals surface area contributed by atoms with Gasteiger partial charge in [-0.3, -0.25) is 9.69 Å². The number of halogens is 1. The van der Waals surface area contributed by atoms with Gasteiger partial charge in [0.15, 0.2) is 0 Å². The van der Waals surface area contributed by atoms with Gasteiger partial charge in [-0.2, -0.15) is 0 Å². The first-order chi connectivity index (χ1) is 9.50. The fraction of sp³-hybridized carbons (Fsp3) is 0.429. The predicted molar refractivity (Wildman–Crippen MR) is 79.8 cm³/mol. The van der Waals surface area contributed by atoms with Gasteiger partial charge in [0.1, 0.15) is 5.82 Å². The van der Waals surface area contributed by atoms with Gasteiger partial charge in [0.25, 0.3) is 0 Å². The van der Waals surface area contributed by atoms with E-state index in [4.69, 9.17) is 18.0 Å². The van der Waals surface area contributed by atoms with Crippen molar-refractivity contribution >= 4 is 23.1 Å². The van der Waals surface area contributed by atoms with Crippen LogP contribution in [0.1, 0.15) is 18.5 Å². The topological polar surface area (TPSA) is 49.6 Å². The molecule has 1 aromatic rings. The Bertz CT molecular complexity index is 515. The molecule has 0 radical (unpaired) electrons. The van der Waals surface area contributed by atoms with Crippen LogP contribution in [0.5, 0.6) is 0 Å². The molecule has 1 aliphatic heterocycles. The van der Waals surface area contributed by atoms with E-state index in [0.717, 1.165) is 0 Å². The molecular formula is C14H18FN3OS. The molecule has 4 nitrogen and oxygen atoms in total. The van der Waals surface area contributed by atoms with Crippen molar-refractivity contribution in [1.29, 1.82) is 0 Å². The smallest absolute Gasteiger partial charge is 0.219 e. The summed E-state index contributed by atoms with van der Waals surface area (Å²) >= 11 is 5.11. The maximum absolute atomic E-state index is 14.0. The zero-order valence-corrected chi connectivity index (χ0v) is 12.2. The van der Waals surface area contributed by atoms with Crippen molar-refractivity contribution in [1.82, 2.24) is 9.80 Å². The molecule has 1 fully saturated rings. The lowest BCUT2D eigenvalue weighted by atomic mass is 10.0. The predicted octanol–water partition coefficient (Wildman–Crippen LogP) is 1.32. The second kappa shape index (κ2) is 6.28. The third-order valence-corrected chi connectivity index (χ3v) is 3.82. The summed E-state index contributed by atoms with van der Waals surface area (Å²) in [4.78, 5) is 15.4. The summed E-state index contributed by atoms with van der Waals surface area (Å²) in [5.74, 6) is -0.248. The molecule has 1 heterocycles. The van der Waals surface area contributed by atoms with Gasteiger partial charge in [-0.05, 0) is 6.07 Å². The van der Waals surface area contributed by atoms with Crippen LogP contribution in [0.2, 0.25) is 0 Å². The van der Waals surface area contributed by atoms with Crippen LogP contribution < -0.4 is 5.73 Å². The Morgan fingerprint density at radius 2 is 1.90 bits per heavy atom. The lowest BCUT2D eigenvalue weighted by Gasteiger charge is -2.38. The highest BCUT2D eigenvalue weighted by molar-refractivity contribution is 7.80. The van der Waals surface area contributed by atoms with Crippen LogP contribution in [0.25, 0.3) is 0 Å². The first-order valence-electron chi connectivity index (χ1n) is 6.54. The van der Waals surface area contributed by atoms with Crippen LogP contribution in [-0.2, 0) is 4.79 Å². The molecule has 0 aromatic heterocycles. The van der Waals surface area contributed by atoms with E-state index in [0.29, 0.717) is 31.7 Å². The molecule has 0 spiro atoms. The Labute approximate surface area is 123 Å². The zero-order chi connectivity index (χ0) is 14.7. The van der Waals surface area contributed by atoms with E-state index >= 15 is 0 Å². The molecule has 0 saturated carbocycles. The molecule has 1 aliphatic rings. The van der Waals surface area contributed by atoms with Crippen molar-refractivity contribution in [3.05, 3.63) is 35.6 Å². The fourth-order valence-electron chi connectivity index (χ4n) is 2.52. The Morgan fingerprint density at radius 1 is 1.30 bits per heavy atom. The molecule has 1 aromatic carbocycles. The number of thiocarbonyl (C=S) groups is 1. The number of piperazine rings is 1. The second-order valence-electron chi connectivity index (χ2n) is 4.87. The number of nitrogens with two attached hydrogens (primary N) is 1. The molecule has 1 atom stereocenters. The summed E-state index contributed by atoms with van der Waals surface area (Å²) in [6.45, 7) is 4.05. The molecule has 108 valence electrons. The quantitative estimate of drug-likeness (QED) is 0.855. The highest BCUT2D eigenvalue weighted by Gasteiger charge is 2.29. The second-order valence-corrected chi connectivity index (χ2v) is 5.34. The van der Waals surface area contributed by atoms with Crippen molar-refractivity contribution in [2.45, 2.75) is 13.0 Å². The molecule has 1 amide bonds. The minimum Gasteiger partial charge on any atom is -0.392 e. The van der Waals surface area contributed by atoms with Gasteiger partial charge in [-0.1, -0.05) is 30.4 Å². The van der Waals surface area contributed by atoms with Crippen LogP contribution >= 0.6 is 12.2 Å². The number of carbonyl (C=O) groups is 1. The van der Waals surface area contributed by atoms with Gasteiger partial charge in [0, 0.05) is 38.7 Å². The number of rotatable bonds is 3. The molecule has 0 bridgehead atoms. The lowest BCUT2D eigenvalue weighted by molar-refractivity contribution is -0.130. The van der Waals surface area contributed by atoms with Crippen LogP contribution in [0, 0.1) is 5.82 Å². The number of amides is 1. The van der Waals surface area contributed by atoms with Crippen LogP contribution in [0.15, 0.2) is 24.3 Å². The highest BCUT2D eigenvalue weighted by Crippen LogP contribution is 2.25. The van der Waals surface area contributed by atoms with Crippen molar-refractivity contribution < 1.29 is 9.18 Å². The third-order valence-electron chi connectivity index (χ3n) is 3.59. The summed E-state index contributed by atoms with van der Waals surface area (Å²) in [6, 6.07) is 6.11. The van der Waals surface area contributed by atoms with E-state index in [-0.39, 0.29) is 16.7 Å². The summed E-state index contributed by atoms with van der Waals surface area (Å²) in [7, 11) is 0. The highest BCUT2D eigenvalue weighted by atomic mass is 32.1. The van der Waals surface area contributed by atoms with Gasteiger partial charge in [0.2, 0.25) is 5.91 Å². The van der Waals surface area contributed by atoms with Crippen molar-refractivity contribution in [3.63, 3.8) is 0 Å². The van der Waals surface area contributed by atoms with E-state index in [1.807, 2.05) is 4.90 Å². The van der Waals surface area contributed by atoms with Gasteiger partial charge < -0.3 is 10.6 Å². The van der Waals surface area contributed by atoms with Crippen LogP contribution in [0.3, 0.4) is 0 Å². The normalized spacial score (nSPS) is 17.8. The number of hydrogen-bond acceptors (Lipinski definition) is 3. The molecule has 0 aliphatic carbocycles. The van der Waals surface area contributed by atoms with Crippen molar-refractivity contribution in [2.75, 3.05) is 26.2 Å². The first-order valence-corrected chi connectivity index (χ1v) is 6.95. The molecule has 2 N–H and O–H groups in total. The van der Waals surface area contributed by atoms with E-state index in [2.05, 4.69) is 0 Å². The van der Waals surface area contributed by atoms with Crippen molar-refractivity contribution in [3.8, 4) is 0 Å². The number of benzene rings is 1. The van der Waals surface area contributed by atoms with Gasteiger partial charge >= 0.3 is 0 Å². The van der Waals surface area contributed by atoms with E-state index in [1.54, 1.807) is 30.0 Å². The minimum absolute atomic E-state index is 0.0578. The number of hydrogen-bond donors (Lipinski definition) is 1. The minimum atomic E-state index is -0.416.